The summed E-state index contributed by atoms with van der Waals surface area (Å²) in [6.07, 6.45) is 0.770. The molecular weight excluding hydrogens is 516 g/mol. The van der Waals surface area contributed by atoms with Gasteiger partial charge in [0.05, 0.1) is 12.5 Å². The molecule has 2 atom stereocenters. The van der Waals surface area contributed by atoms with Gasteiger partial charge in [0.1, 0.15) is 11.8 Å². The van der Waals surface area contributed by atoms with E-state index in [0.717, 1.165) is 28.0 Å². The number of carbonyl (C=O) groups is 3. The predicted octanol–water partition coefficient (Wildman–Crippen LogP) is 3.52. The summed E-state index contributed by atoms with van der Waals surface area (Å²) >= 11 is 0. The molecule has 0 bridgehead atoms. The highest BCUT2D eigenvalue weighted by Crippen LogP contribution is 2.15. The van der Waals surface area contributed by atoms with E-state index in [1.54, 1.807) is 13.8 Å². The van der Waals surface area contributed by atoms with Crippen LogP contribution in [0.2, 0.25) is 0 Å². The molecule has 0 radical (unpaired) electrons. The minimum Gasteiger partial charge on any atom is -0.494 e. The number of ether oxygens (including phenoxy) is 1. The second-order valence-electron chi connectivity index (χ2n) is 10.4. The van der Waals surface area contributed by atoms with Crippen LogP contribution in [0.3, 0.4) is 0 Å². The van der Waals surface area contributed by atoms with Gasteiger partial charge in [-0.15, -0.1) is 0 Å². The summed E-state index contributed by atoms with van der Waals surface area (Å²) in [5.41, 5.74) is 9.55. The molecule has 0 saturated carbocycles. The molecule has 0 unspecified atom stereocenters. The fourth-order valence-corrected chi connectivity index (χ4v) is 4.30. The Balaban J connectivity index is 1.70. The third-order valence-electron chi connectivity index (χ3n) is 6.78. The molecule has 5 N–H and O–H groups in total. The van der Waals surface area contributed by atoms with Crippen LogP contribution in [0, 0.1) is 11.8 Å². The second-order valence-corrected chi connectivity index (χ2v) is 10.4. The van der Waals surface area contributed by atoms with E-state index in [1.807, 2.05) is 85.8 Å². The van der Waals surface area contributed by atoms with Gasteiger partial charge in [-0.2, -0.15) is 0 Å². The number of amides is 3. The van der Waals surface area contributed by atoms with Crippen LogP contribution in [0.25, 0.3) is 0 Å². The van der Waals surface area contributed by atoms with Gasteiger partial charge in [0.15, 0.2) is 0 Å². The van der Waals surface area contributed by atoms with Gasteiger partial charge in [0.25, 0.3) is 0 Å². The molecule has 0 aromatic heterocycles. The lowest BCUT2D eigenvalue weighted by molar-refractivity contribution is -0.131. The van der Waals surface area contributed by atoms with Crippen LogP contribution in [0.5, 0.6) is 5.75 Å². The Labute approximate surface area is 243 Å². The van der Waals surface area contributed by atoms with E-state index in [0.29, 0.717) is 32.5 Å². The number of hydrogen-bond donors (Lipinski definition) is 4. The molecule has 0 heterocycles. The normalized spacial score (nSPS) is 12.3. The van der Waals surface area contributed by atoms with Crippen molar-refractivity contribution in [3.05, 3.63) is 101 Å². The SMILES string of the molecule is CCOc1ccc(C[C@@H](NC(=O)C(C)C)C(=O)NC[C@H](Cc2ccccc2)C(=O)NCc2ccc(CN)cc2)cc1. The quantitative estimate of drug-likeness (QED) is 0.227. The van der Waals surface area contributed by atoms with Crippen molar-refractivity contribution in [3.63, 3.8) is 0 Å². The summed E-state index contributed by atoms with van der Waals surface area (Å²) < 4.78 is 5.51. The molecule has 218 valence electrons. The Bertz CT molecular complexity index is 1240. The highest BCUT2D eigenvalue weighted by atomic mass is 16.5. The minimum atomic E-state index is -0.788. The molecule has 3 rings (SSSR count). The molecule has 0 aliphatic carbocycles. The summed E-state index contributed by atoms with van der Waals surface area (Å²) in [5, 5.41) is 8.82. The highest BCUT2D eigenvalue weighted by Gasteiger charge is 2.25. The zero-order valence-corrected chi connectivity index (χ0v) is 24.2. The van der Waals surface area contributed by atoms with Crippen LogP contribution < -0.4 is 26.4 Å². The van der Waals surface area contributed by atoms with Gasteiger partial charge in [0, 0.05) is 32.0 Å². The van der Waals surface area contributed by atoms with Crippen molar-refractivity contribution < 1.29 is 19.1 Å². The Hall–Kier alpha value is -4.17. The first-order chi connectivity index (χ1) is 19.8. The van der Waals surface area contributed by atoms with Crippen LogP contribution in [-0.4, -0.2) is 36.9 Å². The van der Waals surface area contributed by atoms with E-state index >= 15 is 0 Å². The van der Waals surface area contributed by atoms with E-state index in [4.69, 9.17) is 10.5 Å². The number of rotatable bonds is 15. The topological polar surface area (TPSA) is 123 Å². The molecule has 0 saturated heterocycles. The van der Waals surface area contributed by atoms with Crippen LogP contribution in [0.1, 0.15) is 43.0 Å². The Kier molecular flexibility index (Phi) is 12.4. The molecule has 0 fully saturated rings. The van der Waals surface area contributed by atoms with E-state index in [-0.39, 0.29) is 30.2 Å². The third kappa shape index (κ3) is 10.4. The summed E-state index contributed by atoms with van der Waals surface area (Å²) in [5.74, 6) is -0.746. The van der Waals surface area contributed by atoms with Crippen molar-refractivity contribution in [2.45, 2.75) is 52.7 Å². The molecule has 0 aliphatic heterocycles. The lowest BCUT2D eigenvalue weighted by Crippen LogP contribution is -2.51. The van der Waals surface area contributed by atoms with E-state index in [1.165, 1.54) is 0 Å². The molecule has 3 aromatic carbocycles. The van der Waals surface area contributed by atoms with Crippen molar-refractivity contribution in [1.29, 1.82) is 0 Å². The average Bonchev–Trinajstić information content (AvgIpc) is 2.99. The Morgan fingerprint density at radius 3 is 1.95 bits per heavy atom. The van der Waals surface area contributed by atoms with E-state index in [2.05, 4.69) is 16.0 Å². The minimum absolute atomic E-state index is 0.128. The van der Waals surface area contributed by atoms with Crippen molar-refractivity contribution in [2.24, 2.45) is 17.6 Å². The van der Waals surface area contributed by atoms with Gasteiger partial charge < -0.3 is 26.4 Å². The van der Waals surface area contributed by atoms with Gasteiger partial charge in [-0.3, -0.25) is 14.4 Å². The summed E-state index contributed by atoms with van der Waals surface area (Å²) in [6, 6.07) is 24.2. The van der Waals surface area contributed by atoms with Gasteiger partial charge in [-0.05, 0) is 47.7 Å². The Morgan fingerprint density at radius 2 is 1.34 bits per heavy atom. The molecule has 0 spiro atoms. The fourth-order valence-electron chi connectivity index (χ4n) is 4.30. The van der Waals surface area contributed by atoms with Gasteiger partial charge in [-0.1, -0.05) is 80.6 Å². The molecule has 0 aliphatic rings. The molecular formula is C33H42N4O4. The molecule has 8 heteroatoms. The van der Waals surface area contributed by atoms with Crippen LogP contribution >= 0.6 is 0 Å². The average molecular weight is 559 g/mol. The fraction of sp³-hybridized carbons (Fsp3) is 0.364. The number of nitrogens with one attached hydrogen (secondary N) is 3. The van der Waals surface area contributed by atoms with Crippen LogP contribution in [-0.2, 0) is 40.3 Å². The standard InChI is InChI=1S/C33H42N4O4/c1-4-41-29-16-14-25(15-17-29)19-30(37-31(38)23(2)3)33(40)36-22-28(18-24-8-6-5-7-9-24)32(39)35-21-27-12-10-26(20-34)11-13-27/h5-17,23,28,30H,4,18-22,34H2,1-3H3,(H,35,39)(H,36,40)(H,37,38)/t28-,30+/m0/s1. The molecule has 3 amide bonds. The van der Waals surface area contributed by atoms with Crippen LogP contribution in [0.4, 0.5) is 0 Å². The van der Waals surface area contributed by atoms with Gasteiger partial charge >= 0.3 is 0 Å². The number of carbonyl (C=O) groups excluding carboxylic acids is 3. The lowest BCUT2D eigenvalue weighted by Gasteiger charge is -2.22. The monoisotopic (exact) mass is 558 g/mol. The third-order valence-corrected chi connectivity index (χ3v) is 6.78. The summed E-state index contributed by atoms with van der Waals surface area (Å²) in [7, 11) is 0. The second kappa shape index (κ2) is 16.2. The maximum Gasteiger partial charge on any atom is 0.242 e. The highest BCUT2D eigenvalue weighted by molar-refractivity contribution is 5.89. The number of nitrogens with two attached hydrogens (primary N) is 1. The van der Waals surface area contributed by atoms with Gasteiger partial charge in [0.2, 0.25) is 17.7 Å². The predicted molar refractivity (Wildman–Crippen MR) is 161 cm³/mol. The largest absolute Gasteiger partial charge is 0.494 e. The first-order valence-corrected chi connectivity index (χ1v) is 14.2. The Morgan fingerprint density at radius 1 is 0.732 bits per heavy atom. The first kappa shape index (κ1) is 31.4. The van der Waals surface area contributed by atoms with Gasteiger partial charge in [-0.25, -0.2) is 0 Å². The first-order valence-electron chi connectivity index (χ1n) is 14.2. The smallest absolute Gasteiger partial charge is 0.242 e. The van der Waals surface area contributed by atoms with Crippen molar-refractivity contribution in [1.82, 2.24) is 16.0 Å². The van der Waals surface area contributed by atoms with Crippen molar-refractivity contribution in [2.75, 3.05) is 13.2 Å². The summed E-state index contributed by atoms with van der Waals surface area (Å²) in [6.45, 7) is 7.00. The lowest BCUT2D eigenvalue weighted by atomic mass is 9.97. The maximum absolute atomic E-state index is 13.4. The zero-order valence-electron chi connectivity index (χ0n) is 24.2. The zero-order chi connectivity index (χ0) is 29.6. The molecule has 41 heavy (non-hydrogen) atoms. The van der Waals surface area contributed by atoms with E-state index < -0.39 is 12.0 Å². The maximum atomic E-state index is 13.4. The summed E-state index contributed by atoms with van der Waals surface area (Å²) in [4.78, 5) is 39.3. The van der Waals surface area contributed by atoms with Crippen molar-refractivity contribution >= 4 is 17.7 Å². The molecule has 8 nitrogen and oxygen atoms in total. The van der Waals surface area contributed by atoms with Crippen LogP contribution in [0.15, 0.2) is 78.9 Å². The number of benzene rings is 3. The van der Waals surface area contributed by atoms with Crippen molar-refractivity contribution in [3.8, 4) is 5.75 Å². The van der Waals surface area contributed by atoms with E-state index in [9.17, 15) is 14.4 Å². The molecule has 3 aromatic rings. The number of hydrogen-bond acceptors (Lipinski definition) is 5.